The molecule has 1 aromatic heterocycles. The maximum absolute atomic E-state index is 11.8. The molecule has 1 fully saturated rings. The van der Waals surface area contributed by atoms with E-state index in [2.05, 4.69) is 61.8 Å². The number of amides is 2. The number of nitrogens with one attached hydrogen (secondary N) is 2. The minimum absolute atomic E-state index is 0.235. The van der Waals surface area contributed by atoms with Crippen molar-refractivity contribution in [2.45, 2.75) is 13.0 Å². The van der Waals surface area contributed by atoms with Gasteiger partial charge in [-0.25, -0.2) is 4.79 Å². The van der Waals surface area contributed by atoms with Crippen molar-refractivity contribution in [3.8, 4) is 0 Å². The summed E-state index contributed by atoms with van der Waals surface area (Å²) in [6, 6.07) is 10.6. The highest BCUT2D eigenvalue weighted by Crippen LogP contribution is 2.16. The van der Waals surface area contributed by atoms with Crippen LogP contribution in [-0.4, -0.2) is 59.9 Å². The molecule has 24 heavy (non-hydrogen) atoms. The number of hydrogen-bond acceptors (Lipinski definition) is 6. The third-order valence-corrected chi connectivity index (χ3v) is 4.80. The fourth-order valence-electron chi connectivity index (χ4n) is 2.80. The van der Waals surface area contributed by atoms with E-state index in [-0.39, 0.29) is 6.03 Å². The Hall–Kier alpha value is -2.19. The third-order valence-electron chi connectivity index (χ3n) is 4.20. The predicted molar refractivity (Wildman–Crippen MR) is 96.6 cm³/mol. The Morgan fingerprint density at radius 1 is 1.25 bits per heavy atom. The fourth-order valence-corrected chi connectivity index (χ4v) is 3.24. The van der Waals surface area contributed by atoms with Gasteiger partial charge in [-0.3, -0.25) is 10.2 Å². The van der Waals surface area contributed by atoms with Crippen LogP contribution in [0.3, 0.4) is 0 Å². The van der Waals surface area contributed by atoms with E-state index in [1.54, 1.807) is 5.51 Å². The SMILES string of the molecule is C[C@@H](CNC(=O)Nc1nncs1)N1CCN(c2ccccc2)CC1. The number of benzene rings is 1. The zero-order valence-electron chi connectivity index (χ0n) is 13.7. The van der Waals surface area contributed by atoms with Gasteiger partial charge in [-0.05, 0) is 19.1 Å². The molecule has 1 aliphatic heterocycles. The Balaban J connectivity index is 1.40. The van der Waals surface area contributed by atoms with Crippen molar-refractivity contribution in [1.82, 2.24) is 20.4 Å². The minimum atomic E-state index is -0.235. The third kappa shape index (κ3) is 4.42. The predicted octanol–water partition coefficient (Wildman–Crippen LogP) is 1.87. The molecule has 0 spiro atoms. The molecule has 0 bridgehead atoms. The summed E-state index contributed by atoms with van der Waals surface area (Å²) in [4.78, 5) is 16.6. The van der Waals surface area contributed by atoms with Gasteiger partial charge < -0.3 is 10.2 Å². The summed E-state index contributed by atoms with van der Waals surface area (Å²) in [5, 5.41) is 13.6. The molecule has 1 aliphatic rings. The Labute approximate surface area is 145 Å². The molecule has 1 atom stereocenters. The van der Waals surface area contributed by atoms with Crippen molar-refractivity contribution in [3.63, 3.8) is 0 Å². The van der Waals surface area contributed by atoms with Crippen molar-refractivity contribution in [2.75, 3.05) is 42.9 Å². The first-order valence-electron chi connectivity index (χ1n) is 8.07. The van der Waals surface area contributed by atoms with E-state index >= 15 is 0 Å². The zero-order chi connectivity index (χ0) is 16.8. The van der Waals surface area contributed by atoms with Crippen LogP contribution in [0.1, 0.15) is 6.92 Å². The van der Waals surface area contributed by atoms with E-state index in [0.717, 1.165) is 26.2 Å². The van der Waals surface area contributed by atoms with E-state index in [0.29, 0.717) is 17.7 Å². The van der Waals surface area contributed by atoms with E-state index in [9.17, 15) is 4.79 Å². The van der Waals surface area contributed by atoms with Gasteiger partial charge in [0.25, 0.3) is 0 Å². The Morgan fingerprint density at radius 2 is 2.00 bits per heavy atom. The first-order chi connectivity index (χ1) is 11.7. The largest absolute Gasteiger partial charge is 0.369 e. The standard InChI is InChI=1S/C16H22N6OS/c1-13(11-17-15(23)19-16-20-18-12-24-16)21-7-9-22(10-8-21)14-5-3-2-4-6-14/h2-6,12-13H,7-11H2,1H3,(H2,17,19,20,23)/t13-/m0/s1. The second kappa shape index (κ2) is 8.07. The number of piperazine rings is 1. The monoisotopic (exact) mass is 346 g/mol. The van der Waals surface area contributed by atoms with Crippen LogP contribution in [0.25, 0.3) is 0 Å². The van der Waals surface area contributed by atoms with Gasteiger partial charge in [-0.15, -0.1) is 10.2 Å². The maximum atomic E-state index is 11.8. The fraction of sp³-hybridized carbons (Fsp3) is 0.438. The molecule has 0 saturated carbocycles. The summed E-state index contributed by atoms with van der Waals surface area (Å²) < 4.78 is 0. The molecule has 0 radical (unpaired) electrons. The number of carbonyl (C=O) groups excluding carboxylic acids is 1. The molecule has 8 heteroatoms. The summed E-state index contributed by atoms with van der Waals surface area (Å²) >= 11 is 1.30. The second-order valence-electron chi connectivity index (χ2n) is 5.79. The van der Waals surface area contributed by atoms with Gasteiger partial charge in [-0.1, -0.05) is 29.5 Å². The molecule has 2 aromatic rings. The molecule has 128 valence electrons. The van der Waals surface area contributed by atoms with Crippen molar-refractivity contribution >= 4 is 28.2 Å². The average molecular weight is 346 g/mol. The number of rotatable bonds is 5. The van der Waals surface area contributed by atoms with Crippen LogP contribution < -0.4 is 15.5 Å². The lowest BCUT2D eigenvalue weighted by atomic mass is 10.2. The molecule has 3 rings (SSSR count). The first kappa shape index (κ1) is 16.7. The van der Waals surface area contributed by atoms with Crippen molar-refractivity contribution < 1.29 is 4.79 Å². The summed E-state index contributed by atoms with van der Waals surface area (Å²) in [6.07, 6.45) is 0. The Bertz CT molecular complexity index is 627. The highest BCUT2D eigenvalue weighted by molar-refractivity contribution is 7.13. The number of urea groups is 1. The first-order valence-corrected chi connectivity index (χ1v) is 8.95. The number of hydrogen-bond donors (Lipinski definition) is 2. The highest BCUT2D eigenvalue weighted by Gasteiger charge is 2.21. The van der Waals surface area contributed by atoms with Crippen LogP contribution in [0.2, 0.25) is 0 Å². The maximum Gasteiger partial charge on any atom is 0.321 e. The average Bonchev–Trinajstić information content (AvgIpc) is 3.13. The van der Waals surface area contributed by atoms with Gasteiger partial charge in [0.2, 0.25) is 5.13 Å². The lowest BCUT2D eigenvalue weighted by molar-refractivity contribution is 0.192. The van der Waals surface area contributed by atoms with Crippen molar-refractivity contribution in [1.29, 1.82) is 0 Å². The van der Waals surface area contributed by atoms with Crippen LogP contribution in [-0.2, 0) is 0 Å². The molecule has 2 heterocycles. The molecule has 1 saturated heterocycles. The molecule has 7 nitrogen and oxygen atoms in total. The van der Waals surface area contributed by atoms with Crippen LogP contribution in [0.5, 0.6) is 0 Å². The molecular weight excluding hydrogens is 324 g/mol. The minimum Gasteiger partial charge on any atom is -0.369 e. The van der Waals surface area contributed by atoms with Crippen LogP contribution in [0.15, 0.2) is 35.8 Å². The van der Waals surface area contributed by atoms with Crippen LogP contribution in [0, 0.1) is 0 Å². The molecule has 0 unspecified atom stereocenters. The second-order valence-corrected chi connectivity index (χ2v) is 6.62. The molecule has 1 aromatic carbocycles. The zero-order valence-corrected chi connectivity index (χ0v) is 14.5. The smallest absolute Gasteiger partial charge is 0.321 e. The summed E-state index contributed by atoms with van der Waals surface area (Å²) in [5.41, 5.74) is 2.86. The van der Waals surface area contributed by atoms with Crippen LogP contribution >= 0.6 is 11.3 Å². The number of carbonyl (C=O) groups is 1. The number of anilines is 2. The Kier molecular flexibility index (Phi) is 5.60. The normalized spacial score (nSPS) is 16.6. The number of nitrogens with zero attached hydrogens (tertiary/aromatic N) is 4. The van der Waals surface area contributed by atoms with Crippen LogP contribution in [0.4, 0.5) is 15.6 Å². The van der Waals surface area contributed by atoms with Gasteiger partial charge in [0.05, 0.1) is 0 Å². The number of para-hydroxylation sites is 1. The lowest BCUT2D eigenvalue weighted by Gasteiger charge is -2.39. The van der Waals surface area contributed by atoms with Gasteiger partial charge in [0, 0.05) is 44.5 Å². The van der Waals surface area contributed by atoms with Gasteiger partial charge >= 0.3 is 6.03 Å². The van der Waals surface area contributed by atoms with E-state index in [1.165, 1.54) is 17.0 Å². The molecule has 2 amide bonds. The topological polar surface area (TPSA) is 73.4 Å². The van der Waals surface area contributed by atoms with Crippen molar-refractivity contribution in [3.05, 3.63) is 35.8 Å². The van der Waals surface area contributed by atoms with E-state index in [4.69, 9.17) is 0 Å². The number of aromatic nitrogens is 2. The molecule has 0 aliphatic carbocycles. The summed E-state index contributed by atoms with van der Waals surface area (Å²) in [6.45, 7) is 6.75. The Morgan fingerprint density at radius 3 is 2.67 bits per heavy atom. The highest BCUT2D eigenvalue weighted by atomic mass is 32.1. The molecule has 2 N–H and O–H groups in total. The van der Waals surface area contributed by atoms with Gasteiger partial charge in [0.15, 0.2) is 0 Å². The quantitative estimate of drug-likeness (QED) is 0.865. The van der Waals surface area contributed by atoms with Crippen molar-refractivity contribution in [2.24, 2.45) is 0 Å². The van der Waals surface area contributed by atoms with Gasteiger partial charge in [-0.2, -0.15) is 0 Å². The van der Waals surface area contributed by atoms with E-state index in [1.807, 2.05) is 6.07 Å². The molecular formula is C16H22N6OS. The van der Waals surface area contributed by atoms with E-state index < -0.39 is 0 Å². The van der Waals surface area contributed by atoms with Gasteiger partial charge in [0.1, 0.15) is 5.51 Å². The summed E-state index contributed by atoms with van der Waals surface area (Å²) in [5.74, 6) is 0. The summed E-state index contributed by atoms with van der Waals surface area (Å²) in [7, 11) is 0. The lowest BCUT2D eigenvalue weighted by Crippen LogP contribution is -2.52.